The van der Waals surface area contributed by atoms with Crippen molar-refractivity contribution in [3.05, 3.63) is 58.6 Å². The summed E-state index contributed by atoms with van der Waals surface area (Å²) in [5, 5.41) is 10.0. The van der Waals surface area contributed by atoms with Crippen LogP contribution in [0, 0.1) is 0 Å². The Labute approximate surface area is 173 Å². The number of amides is 2. The average Bonchev–Trinajstić information content (AvgIpc) is 2.73. The molecule has 2 aromatic carbocycles. The van der Waals surface area contributed by atoms with E-state index in [4.69, 9.17) is 11.6 Å². The smallest absolute Gasteiger partial charge is 0.257 e. The van der Waals surface area contributed by atoms with Crippen LogP contribution in [0.2, 0.25) is 5.02 Å². The number of piperazine rings is 1. The van der Waals surface area contributed by atoms with E-state index in [-0.39, 0.29) is 58.9 Å². The van der Waals surface area contributed by atoms with E-state index in [1.165, 1.54) is 36.2 Å². The van der Waals surface area contributed by atoms with Gasteiger partial charge in [-0.2, -0.15) is 0 Å². The van der Waals surface area contributed by atoms with Crippen LogP contribution < -0.4 is 4.72 Å². The van der Waals surface area contributed by atoms with Crippen molar-refractivity contribution < 1.29 is 23.1 Å². The summed E-state index contributed by atoms with van der Waals surface area (Å²) in [5.74, 6) is -0.807. The van der Waals surface area contributed by atoms with Crippen molar-refractivity contribution >= 4 is 33.4 Å². The van der Waals surface area contributed by atoms with Crippen LogP contribution >= 0.6 is 11.6 Å². The molecule has 2 amide bonds. The molecule has 29 heavy (non-hydrogen) atoms. The molecule has 10 heteroatoms. The van der Waals surface area contributed by atoms with Crippen LogP contribution in [0.3, 0.4) is 0 Å². The molecule has 0 saturated carbocycles. The number of aromatic hydroxyl groups is 1. The van der Waals surface area contributed by atoms with Crippen molar-refractivity contribution in [1.29, 1.82) is 0 Å². The van der Waals surface area contributed by atoms with Gasteiger partial charge in [0, 0.05) is 26.2 Å². The second-order valence-electron chi connectivity index (χ2n) is 6.45. The minimum atomic E-state index is -3.71. The van der Waals surface area contributed by atoms with E-state index < -0.39 is 15.9 Å². The highest BCUT2D eigenvalue weighted by Crippen LogP contribution is 2.23. The van der Waals surface area contributed by atoms with Crippen LogP contribution in [0.25, 0.3) is 0 Å². The maximum atomic E-state index is 12.9. The van der Waals surface area contributed by atoms with Crippen molar-refractivity contribution in [3.8, 4) is 5.75 Å². The van der Waals surface area contributed by atoms with E-state index in [2.05, 4.69) is 4.72 Å². The van der Waals surface area contributed by atoms with Gasteiger partial charge in [0.1, 0.15) is 5.75 Å². The number of phenolic OH excluding ortho intramolecular Hbond substituents is 1. The molecule has 1 fully saturated rings. The number of halogens is 1. The molecule has 0 aromatic heterocycles. The first-order valence-electron chi connectivity index (χ1n) is 8.84. The van der Waals surface area contributed by atoms with E-state index in [9.17, 15) is 23.1 Å². The molecule has 1 saturated heterocycles. The molecule has 3 rings (SSSR count). The number of nitrogens with zero attached hydrogens (tertiary/aromatic N) is 2. The lowest BCUT2D eigenvalue weighted by Crippen LogP contribution is -2.50. The van der Waals surface area contributed by atoms with Gasteiger partial charge in [-0.1, -0.05) is 23.7 Å². The number of carbonyl (C=O) groups excluding carboxylic acids is 2. The van der Waals surface area contributed by atoms with E-state index in [1.807, 2.05) is 0 Å². The summed E-state index contributed by atoms with van der Waals surface area (Å²) in [6.45, 7) is 1.09. The highest BCUT2D eigenvalue weighted by molar-refractivity contribution is 7.89. The highest BCUT2D eigenvalue weighted by atomic mass is 35.5. The summed E-state index contributed by atoms with van der Waals surface area (Å²) in [4.78, 5) is 28.5. The number of benzene rings is 2. The Hall–Kier alpha value is -2.62. The molecule has 1 aliphatic rings. The van der Waals surface area contributed by atoms with Crippen LogP contribution in [0.15, 0.2) is 47.4 Å². The van der Waals surface area contributed by atoms with E-state index in [0.717, 1.165) is 0 Å². The summed E-state index contributed by atoms with van der Waals surface area (Å²) >= 11 is 6.13. The molecular formula is C19H20ClN3O5S. The third kappa shape index (κ3) is 4.36. The van der Waals surface area contributed by atoms with Gasteiger partial charge in [-0.15, -0.1) is 0 Å². The van der Waals surface area contributed by atoms with Gasteiger partial charge in [-0.3, -0.25) is 9.59 Å². The predicted octanol–water partition coefficient (Wildman–Crippen LogP) is 1.55. The Balaban J connectivity index is 1.73. The second-order valence-corrected chi connectivity index (χ2v) is 8.74. The number of hydrogen-bond acceptors (Lipinski definition) is 5. The minimum absolute atomic E-state index is 0.0545. The molecule has 1 aliphatic heterocycles. The van der Waals surface area contributed by atoms with Crippen LogP contribution in [-0.2, 0) is 10.0 Å². The van der Waals surface area contributed by atoms with Crippen LogP contribution in [0.1, 0.15) is 20.7 Å². The van der Waals surface area contributed by atoms with Crippen LogP contribution in [-0.4, -0.2) is 68.4 Å². The fraction of sp³-hybridized carbons (Fsp3) is 0.263. The molecule has 0 aliphatic carbocycles. The van der Waals surface area contributed by atoms with Gasteiger partial charge in [-0.05, 0) is 37.4 Å². The Bertz CT molecular complexity index is 1050. The molecule has 0 atom stereocenters. The minimum Gasteiger partial charge on any atom is -0.507 e. The largest absolute Gasteiger partial charge is 0.507 e. The lowest BCUT2D eigenvalue weighted by molar-refractivity contribution is 0.0533. The van der Waals surface area contributed by atoms with E-state index in [1.54, 1.807) is 23.1 Å². The number of hydrogen-bond donors (Lipinski definition) is 2. The number of sulfonamides is 1. The fourth-order valence-corrected chi connectivity index (χ4v) is 4.02. The van der Waals surface area contributed by atoms with Crippen molar-refractivity contribution in [2.24, 2.45) is 0 Å². The van der Waals surface area contributed by atoms with Crippen molar-refractivity contribution in [3.63, 3.8) is 0 Å². The molecule has 0 spiro atoms. The zero-order valence-corrected chi connectivity index (χ0v) is 17.2. The number of rotatable bonds is 4. The monoisotopic (exact) mass is 437 g/mol. The van der Waals surface area contributed by atoms with Gasteiger partial charge in [0.2, 0.25) is 10.0 Å². The third-order valence-electron chi connectivity index (χ3n) is 4.74. The van der Waals surface area contributed by atoms with E-state index >= 15 is 0 Å². The Morgan fingerprint density at radius 1 is 0.966 bits per heavy atom. The SMILES string of the molecule is CNS(=O)(=O)c1ccc(Cl)c(C(=O)N2CCN(C(=O)c3ccccc3O)CC2)c1. The maximum Gasteiger partial charge on any atom is 0.257 e. The Morgan fingerprint density at radius 2 is 1.52 bits per heavy atom. The van der Waals surface area contributed by atoms with Crippen LogP contribution in [0.4, 0.5) is 0 Å². The fourth-order valence-electron chi connectivity index (χ4n) is 3.06. The third-order valence-corrected chi connectivity index (χ3v) is 6.48. The first-order valence-corrected chi connectivity index (χ1v) is 10.7. The Kier molecular flexibility index (Phi) is 6.11. The average molecular weight is 438 g/mol. The summed E-state index contributed by atoms with van der Waals surface area (Å²) in [7, 11) is -2.43. The lowest BCUT2D eigenvalue weighted by Gasteiger charge is -2.35. The molecule has 0 bridgehead atoms. The van der Waals surface area contributed by atoms with Gasteiger partial charge in [0.25, 0.3) is 11.8 Å². The van der Waals surface area contributed by atoms with Gasteiger partial charge in [0.05, 0.1) is 21.0 Å². The molecular weight excluding hydrogens is 418 g/mol. The second kappa shape index (κ2) is 8.40. The number of carbonyl (C=O) groups is 2. The molecule has 1 heterocycles. The van der Waals surface area contributed by atoms with E-state index in [0.29, 0.717) is 0 Å². The molecule has 0 unspecified atom stereocenters. The highest BCUT2D eigenvalue weighted by Gasteiger charge is 2.28. The zero-order chi connectivity index (χ0) is 21.2. The van der Waals surface area contributed by atoms with Gasteiger partial charge >= 0.3 is 0 Å². The summed E-state index contributed by atoms with van der Waals surface area (Å²) in [6.07, 6.45) is 0. The molecule has 2 aromatic rings. The molecule has 2 N–H and O–H groups in total. The standard InChI is InChI=1S/C19H20ClN3O5S/c1-21-29(27,28)13-6-7-16(20)15(12-13)19(26)23-10-8-22(9-11-23)18(25)14-4-2-3-5-17(14)24/h2-7,12,21,24H,8-11H2,1H3. The van der Waals surface area contributed by atoms with Crippen molar-refractivity contribution in [2.45, 2.75) is 4.90 Å². The summed E-state index contributed by atoms with van der Waals surface area (Å²) < 4.78 is 26.2. The normalized spacial score (nSPS) is 14.7. The van der Waals surface area contributed by atoms with Gasteiger partial charge in [-0.25, -0.2) is 13.1 Å². The number of phenols is 1. The first-order chi connectivity index (χ1) is 13.7. The molecule has 0 radical (unpaired) electrons. The predicted molar refractivity (Wildman–Crippen MR) is 108 cm³/mol. The summed E-state index contributed by atoms with van der Waals surface area (Å²) in [5.41, 5.74) is 0.295. The first kappa shape index (κ1) is 21.1. The quantitative estimate of drug-likeness (QED) is 0.754. The summed E-state index contributed by atoms with van der Waals surface area (Å²) in [6, 6.07) is 10.2. The van der Waals surface area contributed by atoms with Crippen LogP contribution in [0.5, 0.6) is 5.75 Å². The zero-order valence-electron chi connectivity index (χ0n) is 15.6. The molecule has 8 nitrogen and oxygen atoms in total. The number of nitrogens with one attached hydrogen (secondary N) is 1. The maximum absolute atomic E-state index is 12.9. The van der Waals surface area contributed by atoms with Crippen molar-refractivity contribution in [2.75, 3.05) is 33.2 Å². The van der Waals surface area contributed by atoms with Gasteiger partial charge < -0.3 is 14.9 Å². The number of para-hydroxylation sites is 1. The molecule has 154 valence electrons. The Morgan fingerprint density at radius 3 is 2.07 bits per heavy atom. The van der Waals surface area contributed by atoms with Crippen molar-refractivity contribution in [1.82, 2.24) is 14.5 Å². The van der Waals surface area contributed by atoms with Gasteiger partial charge in [0.15, 0.2) is 0 Å². The lowest BCUT2D eigenvalue weighted by atomic mass is 10.1. The topological polar surface area (TPSA) is 107 Å².